The molecule has 0 N–H and O–H groups in total. The molecule has 4 nitrogen and oxygen atoms in total. The van der Waals surface area contributed by atoms with Crippen LogP contribution in [-0.2, 0) is 9.59 Å². The zero-order chi connectivity index (χ0) is 26.6. The van der Waals surface area contributed by atoms with E-state index >= 15 is 0 Å². The van der Waals surface area contributed by atoms with E-state index in [0.29, 0.717) is 11.5 Å². The van der Waals surface area contributed by atoms with Crippen molar-refractivity contribution in [2.45, 2.75) is 27.7 Å². The van der Waals surface area contributed by atoms with Crippen LogP contribution in [0.25, 0.3) is 54.2 Å². The largest absolute Gasteiger partial charge is 0.425 e. The van der Waals surface area contributed by atoms with Gasteiger partial charge in [0.2, 0.25) is 0 Å². The van der Waals surface area contributed by atoms with Crippen molar-refractivity contribution in [1.82, 2.24) is 0 Å². The zero-order valence-corrected chi connectivity index (χ0v) is 21.7. The summed E-state index contributed by atoms with van der Waals surface area (Å²) < 4.78 is 11.7. The summed E-state index contributed by atoms with van der Waals surface area (Å²) in [5.41, 5.74) is 4.24. The average molecular weight is 499 g/mol. The highest BCUT2D eigenvalue weighted by Crippen LogP contribution is 2.50. The molecular weight excluding hydrogens is 472 g/mol. The van der Waals surface area contributed by atoms with Crippen molar-refractivity contribution in [2.75, 3.05) is 0 Å². The lowest BCUT2D eigenvalue weighted by Crippen LogP contribution is -2.04. The van der Waals surface area contributed by atoms with Crippen LogP contribution in [0.5, 0.6) is 11.5 Å². The van der Waals surface area contributed by atoms with Gasteiger partial charge in [0.25, 0.3) is 0 Å². The van der Waals surface area contributed by atoms with Crippen LogP contribution < -0.4 is 9.47 Å². The van der Waals surface area contributed by atoms with Gasteiger partial charge in [0.1, 0.15) is 11.5 Å². The molecule has 38 heavy (non-hydrogen) atoms. The van der Waals surface area contributed by atoms with Gasteiger partial charge in [-0.1, -0.05) is 83.9 Å². The standard InChI is InChI=1S/C34H26O4/c1-19-13-15-25-29(17-19)33(37-21(3)35)27-11-7-5-9-23(27)31(25)32-24-10-6-8-12-28(24)34(38-22(4)36)30-18-20(2)14-16-26(30)32/h5-18H,1-4H3. The van der Waals surface area contributed by atoms with Crippen LogP contribution in [0, 0.1) is 13.8 Å². The summed E-state index contributed by atoms with van der Waals surface area (Å²) in [4.78, 5) is 24.4. The second-order valence-corrected chi connectivity index (χ2v) is 9.78. The molecule has 6 aromatic carbocycles. The number of rotatable bonds is 3. The van der Waals surface area contributed by atoms with Crippen LogP contribution in [-0.4, -0.2) is 11.9 Å². The molecule has 6 aromatic rings. The Kier molecular flexibility index (Phi) is 5.61. The van der Waals surface area contributed by atoms with Gasteiger partial charge in [-0.3, -0.25) is 9.59 Å². The molecule has 0 bridgehead atoms. The Morgan fingerprint density at radius 1 is 0.474 bits per heavy atom. The fourth-order valence-electron chi connectivity index (χ4n) is 5.55. The molecular formula is C34H26O4. The number of esters is 2. The number of ether oxygens (including phenoxy) is 2. The predicted molar refractivity (Wildman–Crippen MR) is 154 cm³/mol. The minimum absolute atomic E-state index is 0.359. The van der Waals surface area contributed by atoms with Crippen LogP contribution in [0.2, 0.25) is 0 Å². The number of benzene rings is 6. The van der Waals surface area contributed by atoms with E-state index in [4.69, 9.17) is 9.47 Å². The Morgan fingerprint density at radius 3 is 1.18 bits per heavy atom. The Labute approximate surface area is 220 Å². The smallest absolute Gasteiger partial charge is 0.308 e. The first-order chi connectivity index (χ1) is 18.3. The van der Waals surface area contributed by atoms with E-state index in [0.717, 1.165) is 65.3 Å². The molecule has 186 valence electrons. The second kappa shape index (κ2) is 9.00. The van der Waals surface area contributed by atoms with Gasteiger partial charge in [0, 0.05) is 35.4 Å². The monoisotopic (exact) mass is 498 g/mol. The first kappa shape index (κ1) is 23.7. The highest BCUT2D eigenvalue weighted by molar-refractivity contribution is 6.27. The van der Waals surface area contributed by atoms with Gasteiger partial charge in [-0.05, 0) is 58.7 Å². The number of fused-ring (bicyclic) bond motifs is 4. The van der Waals surface area contributed by atoms with Gasteiger partial charge in [-0.25, -0.2) is 0 Å². The molecule has 0 heterocycles. The second-order valence-electron chi connectivity index (χ2n) is 9.78. The summed E-state index contributed by atoms with van der Waals surface area (Å²) in [5, 5.41) is 7.41. The van der Waals surface area contributed by atoms with E-state index < -0.39 is 0 Å². The highest BCUT2D eigenvalue weighted by atomic mass is 16.5. The van der Waals surface area contributed by atoms with Crippen molar-refractivity contribution in [3.63, 3.8) is 0 Å². The third kappa shape index (κ3) is 3.77. The third-order valence-electron chi connectivity index (χ3n) is 7.00. The highest BCUT2D eigenvalue weighted by Gasteiger charge is 2.23. The van der Waals surface area contributed by atoms with E-state index in [-0.39, 0.29) is 11.9 Å². The summed E-state index contributed by atoms with van der Waals surface area (Å²) >= 11 is 0. The van der Waals surface area contributed by atoms with E-state index in [1.807, 2.05) is 50.2 Å². The lowest BCUT2D eigenvalue weighted by molar-refractivity contribution is -0.132. The van der Waals surface area contributed by atoms with Gasteiger partial charge < -0.3 is 9.47 Å². The summed E-state index contributed by atoms with van der Waals surface area (Å²) in [7, 11) is 0. The molecule has 0 fully saturated rings. The molecule has 0 aromatic heterocycles. The topological polar surface area (TPSA) is 52.6 Å². The molecule has 0 aliphatic heterocycles. The van der Waals surface area contributed by atoms with E-state index in [1.165, 1.54) is 13.8 Å². The third-order valence-corrected chi connectivity index (χ3v) is 7.00. The molecule has 0 saturated heterocycles. The molecule has 0 spiro atoms. The zero-order valence-electron chi connectivity index (χ0n) is 21.7. The molecule has 0 amide bonds. The first-order valence-electron chi connectivity index (χ1n) is 12.6. The predicted octanol–water partition coefficient (Wildman–Crippen LogP) is 8.43. The van der Waals surface area contributed by atoms with E-state index in [1.54, 1.807) is 0 Å². The van der Waals surface area contributed by atoms with Gasteiger partial charge in [-0.2, -0.15) is 0 Å². The maximum atomic E-state index is 12.2. The minimum atomic E-state index is -0.359. The van der Waals surface area contributed by atoms with Crippen LogP contribution in [0.15, 0.2) is 84.9 Å². The SMILES string of the molecule is CC(=O)Oc1c2ccccc2c(-c2c3ccccc3c(OC(C)=O)c3cc(C)ccc23)c2ccc(C)cc12. The van der Waals surface area contributed by atoms with Crippen molar-refractivity contribution in [3.05, 3.63) is 96.1 Å². The molecule has 0 saturated carbocycles. The molecule has 0 unspecified atom stereocenters. The lowest BCUT2D eigenvalue weighted by atomic mass is 9.85. The molecule has 0 aliphatic carbocycles. The summed E-state index contributed by atoms with van der Waals surface area (Å²) in [6.07, 6.45) is 0. The average Bonchev–Trinajstić information content (AvgIpc) is 2.89. The summed E-state index contributed by atoms with van der Waals surface area (Å²) in [6, 6.07) is 28.6. The van der Waals surface area contributed by atoms with Gasteiger partial charge in [0.05, 0.1) is 0 Å². The maximum absolute atomic E-state index is 12.2. The Hall–Kier alpha value is -4.70. The van der Waals surface area contributed by atoms with Crippen molar-refractivity contribution >= 4 is 55.0 Å². The van der Waals surface area contributed by atoms with Crippen molar-refractivity contribution in [1.29, 1.82) is 0 Å². The van der Waals surface area contributed by atoms with Crippen LogP contribution in [0.4, 0.5) is 0 Å². The van der Waals surface area contributed by atoms with Gasteiger partial charge >= 0.3 is 11.9 Å². The fourth-order valence-corrected chi connectivity index (χ4v) is 5.55. The molecule has 0 atom stereocenters. The number of carbonyl (C=O) groups is 2. The van der Waals surface area contributed by atoms with Crippen molar-refractivity contribution in [3.8, 4) is 22.6 Å². The maximum Gasteiger partial charge on any atom is 0.308 e. The Balaban J connectivity index is 1.90. The quantitative estimate of drug-likeness (QED) is 0.140. The van der Waals surface area contributed by atoms with Gasteiger partial charge in [0.15, 0.2) is 0 Å². The normalized spacial score (nSPS) is 11.4. The summed E-state index contributed by atoms with van der Waals surface area (Å²) in [5.74, 6) is 0.415. The number of aryl methyl sites for hydroxylation is 2. The molecule has 4 heteroatoms. The van der Waals surface area contributed by atoms with Crippen molar-refractivity contribution < 1.29 is 19.1 Å². The summed E-state index contributed by atoms with van der Waals surface area (Å²) in [6.45, 7) is 6.93. The Bertz CT molecular complexity index is 1810. The Morgan fingerprint density at radius 2 is 0.816 bits per heavy atom. The molecule has 6 rings (SSSR count). The molecule has 0 radical (unpaired) electrons. The van der Waals surface area contributed by atoms with E-state index in [2.05, 4.69) is 48.5 Å². The molecule has 0 aliphatic rings. The van der Waals surface area contributed by atoms with Crippen LogP contribution in [0.1, 0.15) is 25.0 Å². The van der Waals surface area contributed by atoms with Crippen molar-refractivity contribution in [2.24, 2.45) is 0 Å². The fraction of sp³-hybridized carbons (Fsp3) is 0.118. The van der Waals surface area contributed by atoms with Gasteiger partial charge in [-0.15, -0.1) is 0 Å². The van der Waals surface area contributed by atoms with Crippen LogP contribution >= 0.6 is 0 Å². The first-order valence-corrected chi connectivity index (χ1v) is 12.6. The number of carbonyl (C=O) groups excluding carboxylic acids is 2. The number of hydrogen-bond donors (Lipinski definition) is 0. The minimum Gasteiger partial charge on any atom is -0.425 e. The number of hydrogen-bond acceptors (Lipinski definition) is 4. The lowest BCUT2D eigenvalue weighted by Gasteiger charge is -2.21. The van der Waals surface area contributed by atoms with Crippen LogP contribution in [0.3, 0.4) is 0 Å². The van der Waals surface area contributed by atoms with E-state index in [9.17, 15) is 9.59 Å².